The molecule has 1 aromatic carbocycles. The fourth-order valence-electron chi connectivity index (χ4n) is 1.60. The van der Waals surface area contributed by atoms with Crippen molar-refractivity contribution in [1.29, 1.82) is 0 Å². The van der Waals surface area contributed by atoms with Gasteiger partial charge in [0.1, 0.15) is 10.5 Å². The topological polar surface area (TPSA) is 101 Å². The van der Waals surface area contributed by atoms with Crippen LogP contribution >= 0.6 is 11.6 Å². The van der Waals surface area contributed by atoms with Gasteiger partial charge in [-0.05, 0) is 25.5 Å². The molecule has 2 N–H and O–H groups in total. The number of sulfone groups is 1. The highest BCUT2D eigenvalue weighted by molar-refractivity contribution is 7.91. The van der Waals surface area contributed by atoms with E-state index in [1.165, 1.54) is 14.0 Å². The zero-order valence-corrected chi connectivity index (χ0v) is 12.5. The molecule has 6 nitrogen and oxygen atoms in total. The molecule has 0 radical (unpaired) electrons. The van der Waals surface area contributed by atoms with Crippen LogP contribution in [0.2, 0.25) is 5.02 Å². The lowest BCUT2D eigenvalue weighted by molar-refractivity contribution is 0.0692. The second-order valence-electron chi connectivity index (χ2n) is 4.25. The number of aliphatic hydroxyl groups excluding tert-OH is 1. The minimum absolute atomic E-state index is 0.0150. The molecule has 0 heterocycles. The highest BCUT2D eigenvalue weighted by atomic mass is 35.5. The van der Waals surface area contributed by atoms with Crippen molar-refractivity contribution in [2.24, 2.45) is 0 Å². The van der Waals surface area contributed by atoms with Gasteiger partial charge in [-0.15, -0.1) is 0 Å². The number of methoxy groups -OCH3 is 1. The largest absolute Gasteiger partial charge is 0.494 e. The second kappa shape index (κ2) is 6.43. The van der Waals surface area contributed by atoms with Gasteiger partial charge in [-0.1, -0.05) is 11.6 Å². The van der Waals surface area contributed by atoms with Gasteiger partial charge in [-0.3, -0.25) is 0 Å². The lowest BCUT2D eigenvalue weighted by Gasteiger charge is -2.13. The van der Waals surface area contributed by atoms with Crippen LogP contribution in [0.5, 0.6) is 5.75 Å². The molecule has 0 saturated carbocycles. The van der Waals surface area contributed by atoms with Crippen LogP contribution in [0.3, 0.4) is 0 Å². The molecule has 0 aliphatic rings. The molecule has 0 aromatic heterocycles. The van der Waals surface area contributed by atoms with Crippen LogP contribution in [-0.4, -0.2) is 43.6 Å². The fraction of sp³-hybridized carbons (Fsp3) is 0.417. The number of carbonyl (C=O) groups is 1. The van der Waals surface area contributed by atoms with Crippen LogP contribution in [0.25, 0.3) is 0 Å². The van der Waals surface area contributed by atoms with Crippen molar-refractivity contribution in [3.8, 4) is 5.75 Å². The summed E-state index contributed by atoms with van der Waals surface area (Å²) >= 11 is 5.76. The molecule has 0 aliphatic heterocycles. The van der Waals surface area contributed by atoms with E-state index in [-0.39, 0.29) is 33.4 Å². The summed E-state index contributed by atoms with van der Waals surface area (Å²) in [6.07, 6.45) is -0.755. The van der Waals surface area contributed by atoms with Crippen LogP contribution in [-0.2, 0) is 9.84 Å². The zero-order chi connectivity index (χ0) is 15.5. The van der Waals surface area contributed by atoms with Gasteiger partial charge in [0.25, 0.3) is 0 Å². The molecular formula is C12H15ClO6S. The van der Waals surface area contributed by atoms with Crippen molar-refractivity contribution in [1.82, 2.24) is 0 Å². The summed E-state index contributed by atoms with van der Waals surface area (Å²) in [7, 11) is -2.63. The minimum atomic E-state index is -3.81. The fourth-order valence-corrected chi connectivity index (χ4v) is 3.54. The van der Waals surface area contributed by atoms with E-state index in [0.717, 1.165) is 12.1 Å². The standard InChI is InChI=1S/C12H15ClO6S/c1-7(14)3-4-20(17,18)10-6-8(13)5-9(12(15)16)11(10)19-2/h5-7,14H,3-4H2,1-2H3,(H,15,16). The summed E-state index contributed by atoms with van der Waals surface area (Å²) < 4.78 is 29.3. The molecule has 112 valence electrons. The first-order valence-electron chi connectivity index (χ1n) is 5.70. The highest BCUT2D eigenvalue weighted by Gasteiger charge is 2.25. The lowest BCUT2D eigenvalue weighted by atomic mass is 10.2. The maximum atomic E-state index is 12.2. The van der Waals surface area contributed by atoms with Gasteiger partial charge < -0.3 is 14.9 Å². The van der Waals surface area contributed by atoms with E-state index in [4.69, 9.17) is 21.4 Å². The number of aliphatic hydroxyl groups is 1. The summed E-state index contributed by atoms with van der Waals surface area (Å²) in [6.45, 7) is 1.47. The highest BCUT2D eigenvalue weighted by Crippen LogP contribution is 2.32. The molecular weight excluding hydrogens is 308 g/mol. The SMILES string of the molecule is COc1c(C(=O)O)cc(Cl)cc1S(=O)(=O)CCC(C)O. The molecule has 0 spiro atoms. The smallest absolute Gasteiger partial charge is 0.339 e. The molecule has 1 rings (SSSR count). The Morgan fingerprint density at radius 2 is 2.05 bits per heavy atom. The molecule has 1 aromatic rings. The molecule has 0 amide bonds. The van der Waals surface area contributed by atoms with Crippen LogP contribution in [0.15, 0.2) is 17.0 Å². The predicted molar refractivity (Wildman–Crippen MR) is 73.3 cm³/mol. The average Bonchev–Trinajstić information content (AvgIpc) is 2.35. The molecule has 0 aliphatic carbocycles. The summed E-state index contributed by atoms with van der Waals surface area (Å²) in [5, 5.41) is 18.2. The predicted octanol–water partition coefficient (Wildman–Crippen LogP) is 1.59. The Balaban J connectivity index is 3.40. The van der Waals surface area contributed by atoms with Gasteiger partial charge in [0, 0.05) is 5.02 Å². The van der Waals surface area contributed by atoms with E-state index in [9.17, 15) is 18.3 Å². The van der Waals surface area contributed by atoms with Crippen molar-refractivity contribution < 1.29 is 28.2 Å². The first-order chi connectivity index (χ1) is 9.19. The molecule has 1 atom stereocenters. The van der Waals surface area contributed by atoms with Gasteiger partial charge >= 0.3 is 5.97 Å². The van der Waals surface area contributed by atoms with E-state index in [0.29, 0.717) is 0 Å². The monoisotopic (exact) mass is 322 g/mol. The maximum absolute atomic E-state index is 12.2. The van der Waals surface area contributed by atoms with E-state index < -0.39 is 21.9 Å². The number of halogens is 1. The summed E-state index contributed by atoms with van der Waals surface area (Å²) in [4.78, 5) is 10.8. The molecule has 8 heteroatoms. The Labute approximate surface area is 121 Å². The first kappa shape index (κ1) is 16.7. The van der Waals surface area contributed by atoms with Crippen molar-refractivity contribution >= 4 is 27.4 Å². The third-order valence-corrected chi connectivity index (χ3v) is 4.56. The summed E-state index contributed by atoms with van der Waals surface area (Å²) in [6, 6.07) is 2.26. The van der Waals surface area contributed by atoms with Gasteiger partial charge in [-0.25, -0.2) is 13.2 Å². The van der Waals surface area contributed by atoms with Crippen molar-refractivity contribution in [2.45, 2.75) is 24.3 Å². The number of carboxylic acids is 1. The van der Waals surface area contributed by atoms with E-state index >= 15 is 0 Å². The first-order valence-corrected chi connectivity index (χ1v) is 7.73. The summed E-state index contributed by atoms with van der Waals surface area (Å²) in [5.41, 5.74) is -0.323. The van der Waals surface area contributed by atoms with E-state index in [1.54, 1.807) is 0 Å². The third-order valence-electron chi connectivity index (χ3n) is 2.59. The van der Waals surface area contributed by atoms with E-state index in [1.807, 2.05) is 0 Å². The Morgan fingerprint density at radius 1 is 1.45 bits per heavy atom. The van der Waals surface area contributed by atoms with E-state index in [2.05, 4.69) is 0 Å². The van der Waals surface area contributed by atoms with Crippen LogP contribution in [0.1, 0.15) is 23.7 Å². The third kappa shape index (κ3) is 3.84. The van der Waals surface area contributed by atoms with Crippen molar-refractivity contribution in [3.05, 3.63) is 22.7 Å². The Bertz CT molecular complexity index is 609. The minimum Gasteiger partial charge on any atom is -0.494 e. The van der Waals surface area contributed by atoms with Crippen molar-refractivity contribution in [2.75, 3.05) is 12.9 Å². The lowest BCUT2D eigenvalue weighted by Crippen LogP contribution is -2.15. The molecule has 0 bridgehead atoms. The van der Waals surface area contributed by atoms with Gasteiger partial charge in [0.05, 0.1) is 19.0 Å². The van der Waals surface area contributed by atoms with Crippen LogP contribution < -0.4 is 4.74 Å². The number of hydrogen-bond donors (Lipinski definition) is 2. The van der Waals surface area contributed by atoms with Crippen LogP contribution in [0.4, 0.5) is 0 Å². The number of rotatable bonds is 6. The number of aromatic carboxylic acids is 1. The average molecular weight is 323 g/mol. The Kier molecular flexibility index (Phi) is 5.38. The zero-order valence-electron chi connectivity index (χ0n) is 11.0. The van der Waals surface area contributed by atoms with Gasteiger partial charge in [-0.2, -0.15) is 0 Å². The number of ether oxygens (including phenoxy) is 1. The normalized spacial score (nSPS) is 13.0. The summed E-state index contributed by atoms with van der Waals surface area (Å²) in [5.74, 6) is -1.93. The number of benzene rings is 1. The molecule has 0 fully saturated rings. The Morgan fingerprint density at radius 3 is 2.50 bits per heavy atom. The molecule has 20 heavy (non-hydrogen) atoms. The molecule has 0 saturated heterocycles. The maximum Gasteiger partial charge on any atom is 0.339 e. The Hall–Kier alpha value is -1.31. The van der Waals surface area contributed by atoms with Crippen molar-refractivity contribution in [3.63, 3.8) is 0 Å². The number of hydrogen-bond acceptors (Lipinski definition) is 5. The quantitative estimate of drug-likeness (QED) is 0.824. The van der Waals surface area contributed by atoms with Crippen LogP contribution in [0, 0.1) is 0 Å². The van der Waals surface area contributed by atoms with Gasteiger partial charge in [0.15, 0.2) is 15.6 Å². The van der Waals surface area contributed by atoms with Gasteiger partial charge in [0.2, 0.25) is 0 Å². The number of carboxylic acid groups (broad SMARTS) is 1. The second-order valence-corrected chi connectivity index (χ2v) is 6.76. The molecule has 1 unspecified atom stereocenters.